The van der Waals surface area contributed by atoms with E-state index < -0.39 is 0 Å². The fourth-order valence-corrected chi connectivity index (χ4v) is 3.23. The SMILES string of the molecule is CC1CCN([C@H](C)CNC(=O)NC2CCN(C)CC2)CC1. The molecule has 2 rings (SSSR count). The van der Waals surface area contributed by atoms with Crippen molar-refractivity contribution in [1.82, 2.24) is 20.4 Å². The monoisotopic (exact) mass is 296 g/mol. The first-order valence-electron chi connectivity index (χ1n) is 8.51. The predicted octanol–water partition coefficient (Wildman–Crippen LogP) is 1.50. The number of likely N-dealkylation sites (tertiary alicyclic amines) is 2. The minimum absolute atomic E-state index is 0.00165. The van der Waals surface area contributed by atoms with Gasteiger partial charge in [-0.25, -0.2) is 4.79 Å². The molecule has 0 unspecified atom stereocenters. The van der Waals surface area contributed by atoms with E-state index in [1.807, 2.05) is 0 Å². The molecule has 0 radical (unpaired) electrons. The van der Waals surface area contributed by atoms with E-state index in [1.54, 1.807) is 0 Å². The van der Waals surface area contributed by atoms with Crippen LogP contribution in [0, 0.1) is 5.92 Å². The molecule has 0 bridgehead atoms. The molecule has 2 aliphatic rings. The first-order chi connectivity index (χ1) is 10.0. The number of carbonyl (C=O) groups is 1. The Kier molecular flexibility index (Phi) is 6.30. The number of carbonyl (C=O) groups excluding carboxylic acids is 1. The van der Waals surface area contributed by atoms with E-state index in [9.17, 15) is 4.79 Å². The molecule has 2 amide bonds. The van der Waals surface area contributed by atoms with Crippen molar-refractivity contribution in [1.29, 1.82) is 0 Å². The predicted molar refractivity (Wildman–Crippen MR) is 86.5 cm³/mol. The summed E-state index contributed by atoms with van der Waals surface area (Å²) in [5, 5.41) is 6.15. The highest BCUT2D eigenvalue weighted by molar-refractivity contribution is 5.74. The summed E-state index contributed by atoms with van der Waals surface area (Å²) in [7, 11) is 2.14. The van der Waals surface area contributed by atoms with E-state index >= 15 is 0 Å². The van der Waals surface area contributed by atoms with Crippen LogP contribution < -0.4 is 10.6 Å². The van der Waals surface area contributed by atoms with Gasteiger partial charge < -0.3 is 15.5 Å². The standard InChI is InChI=1S/C16H32N4O/c1-13-4-10-20(11-5-13)14(2)12-17-16(21)18-15-6-8-19(3)9-7-15/h13-15H,4-12H2,1-3H3,(H2,17,18,21)/t14-/m1/s1. The van der Waals surface area contributed by atoms with Gasteiger partial charge in [0.2, 0.25) is 0 Å². The smallest absolute Gasteiger partial charge is 0.315 e. The third-order valence-electron chi connectivity index (χ3n) is 5.05. The number of nitrogens with zero attached hydrogens (tertiary/aromatic N) is 2. The van der Waals surface area contributed by atoms with Crippen LogP contribution in [-0.2, 0) is 0 Å². The minimum Gasteiger partial charge on any atom is -0.337 e. The van der Waals surface area contributed by atoms with E-state index in [4.69, 9.17) is 0 Å². The van der Waals surface area contributed by atoms with Gasteiger partial charge in [0.1, 0.15) is 0 Å². The van der Waals surface area contributed by atoms with Crippen molar-refractivity contribution < 1.29 is 4.79 Å². The Morgan fingerprint density at radius 1 is 1.14 bits per heavy atom. The summed E-state index contributed by atoms with van der Waals surface area (Å²) >= 11 is 0. The van der Waals surface area contributed by atoms with Crippen LogP contribution in [0.2, 0.25) is 0 Å². The summed E-state index contributed by atoms with van der Waals surface area (Å²) in [5.74, 6) is 0.856. The van der Waals surface area contributed by atoms with Crippen LogP contribution >= 0.6 is 0 Å². The van der Waals surface area contributed by atoms with Gasteiger partial charge in [0.05, 0.1) is 0 Å². The van der Waals surface area contributed by atoms with E-state index in [0.717, 1.165) is 38.4 Å². The lowest BCUT2D eigenvalue weighted by Crippen LogP contribution is -2.50. The van der Waals surface area contributed by atoms with Crippen molar-refractivity contribution in [2.75, 3.05) is 39.8 Å². The molecule has 5 nitrogen and oxygen atoms in total. The summed E-state index contributed by atoms with van der Waals surface area (Å²) in [6.07, 6.45) is 4.69. The number of rotatable bonds is 4. The molecule has 2 N–H and O–H groups in total. The zero-order valence-electron chi connectivity index (χ0n) is 13.9. The Morgan fingerprint density at radius 3 is 2.38 bits per heavy atom. The molecule has 2 heterocycles. The zero-order chi connectivity index (χ0) is 15.2. The van der Waals surface area contributed by atoms with Crippen LogP contribution in [0.5, 0.6) is 0 Å². The molecule has 1 atom stereocenters. The van der Waals surface area contributed by atoms with Crippen LogP contribution in [0.3, 0.4) is 0 Å². The summed E-state index contributed by atoms with van der Waals surface area (Å²) < 4.78 is 0. The van der Waals surface area contributed by atoms with Crippen LogP contribution in [0.15, 0.2) is 0 Å². The first-order valence-corrected chi connectivity index (χ1v) is 8.51. The van der Waals surface area contributed by atoms with Gasteiger partial charge in [0, 0.05) is 18.6 Å². The normalized spacial score (nSPS) is 24.7. The van der Waals surface area contributed by atoms with Crippen molar-refractivity contribution in [2.24, 2.45) is 5.92 Å². The zero-order valence-corrected chi connectivity index (χ0v) is 13.9. The number of amides is 2. The molecule has 122 valence electrons. The van der Waals surface area contributed by atoms with Crippen molar-refractivity contribution in [2.45, 2.75) is 51.6 Å². The molecular weight excluding hydrogens is 264 g/mol. The number of hydrogen-bond donors (Lipinski definition) is 2. The Hall–Kier alpha value is -0.810. The van der Waals surface area contributed by atoms with E-state index in [1.165, 1.54) is 25.9 Å². The molecule has 0 spiro atoms. The number of nitrogens with one attached hydrogen (secondary N) is 2. The topological polar surface area (TPSA) is 47.6 Å². The summed E-state index contributed by atoms with van der Waals surface area (Å²) in [6, 6.07) is 0.773. The second-order valence-electron chi connectivity index (χ2n) is 7.00. The molecule has 2 aliphatic heterocycles. The highest BCUT2D eigenvalue weighted by Crippen LogP contribution is 2.17. The van der Waals surface area contributed by atoms with Crippen LogP contribution in [-0.4, -0.2) is 67.7 Å². The Labute approximate surface area is 129 Å². The molecule has 0 saturated carbocycles. The van der Waals surface area contributed by atoms with Gasteiger partial charge >= 0.3 is 6.03 Å². The van der Waals surface area contributed by atoms with Gasteiger partial charge in [-0.05, 0) is 71.8 Å². The van der Waals surface area contributed by atoms with Gasteiger partial charge in [0.15, 0.2) is 0 Å². The van der Waals surface area contributed by atoms with Crippen LogP contribution in [0.1, 0.15) is 39.5 Å². The number of hydrogen-bond acceptors (Lipinski definition) is 3. The highest BCUT2D eigenvalue weighted by atomic mass is 16.2. The van der Waals surface area contributed by atoms with Gasteiger partial charge in [-0.3, -0.25) is 4.90 Å². The molecule has 0 aromatic carbocycles. The molecule has 2 saturated heterocycles. The Morgan fingerprint density at radius 2 is 1.76 bits per heavy atom. The fourth-order valence-electron chi connectivity index (χ4n) is 3.23. The molecule has 0 aliphatic carbocycles. The summed E-state index contributed by atoms with van der Waals surface area (Å²) in [6.45, 7) is 9.77. The van der Waals surface area contributed by atoms with E-state index in [2.05, 4.69) is 41.3 Å². The summed E-state index contributed by atoms with van der Waals surface area (Å²) in [5.41, 5.74) is 0. The third-order valence-corrected chi connectivity index (χ3v) is 5.05. The van der Waals surface area contributed by atoms with E-state index in [0.29, 0.717) is 12.1 Å². The van der Waals surface area contributed by atoms with Crippen molar-refractivity contribution in [3.8, 4) is 0 Å². The lowest BCUT2D eigenvalue weighted by Gasteiger charge is -2.35. The van der Waals surface area contributed by atoms with Crippen LogP contribution in [0.25, 0.3) is 0 Å². The maximum Gasteiger partial charge on any atom is 0.315 e. The summed E-state index contributed by atoms with van der Waals surface area (Å²) in [4.78, 5) is 16.8. The average Bonchev–Trinajstić information content (AvgIpc) is 2.48. The largest absolute Gasteiger partial charge is 0.337 e. The van der Waals surface area contributed by atoms with Gasteiger partial charge in [0.25, 0.3) is 0 Å². The Balaban J connectivity index is 1.62. The van der Waals surface area contributed by atoms with Gasteiger partial charge in [-0.2, -0.15) is 0 Å². The molecule has 0 aromatic rings. The lowest BCUT2D eigenvalue weighted by molar-refractivity contribution is 0.144. The quantitative estimate of drug-likeness (QED) is 0.826. The second-order valence-corrected chi connectivity index (χ2v) is 7.00. The van der Waals surface area contributed by atoms with Crippen molar-refractivity contribution in [3.05, 3.63) is 0 Å². The number of urea groups is 1. The van der Waals surface area contributed by atoms with E-state index in [-0.39, 0.29) is 6.03 Å². The van der Waals surface area contributed by atoms with Gasteiger partial charge in [-0.15, -0.1) is 0 Å². The molecule has 0 aromatic heterocycles. The molecule has 21 heavy (non-hydrogen) atoms. The first kappa shape index (κ1) is 16.6. The third kappa shape index (κ3) is 5.47. The number of piperidine rings is 2. The maximum absolute atomic E-state index is 12.0. The molecular formula is C16H32N4O. The van der Waals surface area contributed by atoms with Gasteiger partial charge in [-0.1, -0.05) is 6.92 Å². The molecule has 2 fully saturated rings. The second kappa shape index (κ2) is 7.99. The molecule has 5 heteroatoms. The van der Waals surface area contributed by atoms with Crippen molar-refractivity contribution >= 4 is 6.03 Å². The maximum atomic E-state index is 12.0. The fraction of sp³-hybridized carbons (Fsp3) is 0.938. The van der Waals surface area contributed by atoms with Crippen molar-refractivity contribution in [3.63, 3.8) is 0 Å². The average molecular weight is 296 g/mol. The Bertz CT molecular complexity index is 320. The highest BCUT2D eigenvalue weighted by Gasteiger charge is 2.21. The van der Waals surface area contributed by atoms with Crippen LogP contribution in [0.4, 0.5) is 4.79 Å². The minimum atomic E-state index is 0.00165. The lowest BCUT2D eigenvalue weighted by atomic mass is 9.98.